The van der Waals surface area contributed by atoms with Gasteiger partial charge in [0.1, 0.15) is 5.67 Å². The smallest absolute Gasteiger partial charge is 0.137 e. The molecule has 0 aromatic carbocycles. The summed E-state index contributed by atoms with van der Waals surface area (Å²) in [6.45, 7) is 1.41. The highest BCUT2D eigenvalue weighted by Gasteiger charge is 2.48. The lowest BCUT2D eigenvalue weighted by molar-refractivity contribution is -0.124. The van der Waals surface area contributed by atoms with Crippen molar-refractivity contribution in [1.82, 2.24) is 0 Å². The molecule has 2 aliphatic heterocycles. The van der Waals surface area contributed by atoms with Crippen LogP contribution in [0.25, 0.3) is 0 Å². The summed E-state index contributed by atoms with van der Waals surface area (Å²) in [6, 6.07) is 0. The van der Waals surface area contributed by atoms with E-state index in [9.17, 15) is 0 Å². The number of hydrogen-bond donors (Lipinski definition) is 1. The van der Waals surface area contributed by atoms with Crippen LogP contribution in [0.1, 0.15) is 32.1 Å². The zero-order valence-electron chi connectivity index (χ0n) is 11.8. The van der Waals surface area contributed by atoms with E-state index in [1.165, 1.54) is 0 Å². The first-order chi connectivity index (χ1) is 9.14. The molecular weight excluding hydrogens is 265 g/mol. The van der Waals surface area contributed by atoms with Crippen LogP contribution in [0.5, 0.6) is 0 Å². The van der Waals surface area contributed by atoms with Crippen molar-refractivity contribution >= 4 is 11.8 Å². The molecule has 1 spiro atoms. The average Bonchev–Trinajstić information content (AvgIpc) is 2.85. The van der Waals surface area contributed by atoms with Gasteiger partial charge in [0.25, 0.3) is 0 Å². The van der Waals surface area contributed by atoms with Gasteiger partial charge in [-0.15, -0.1) is 0 Å². The number of ether oxygens (including phenoxy) is 2. The Kier molecular flexibility index (Phi) is 5.52. The second-order valence-corrected chi connectivity index (χ2v) is 6.99. The molecule has 3 nitrogen and oxygen atoms in total. The average molecular weight is 291 g/mol. The topological polar surface area (TPSA) is 44.5 Å². The van der Waals surface area contributed by atoms with Crippen LogP contribution in [0.4, 0.5) is 4.39 Å². The lowest BCUT2D eigenvalue weighted by Crippen LogP contribution is -2.48. The number of halogens is 1. The van der Waals surface area contributed by atoms with Crippen molar-refractivity contribution < 1.29 is 13.9 Å². The minimum absolute atomic E-state index is 0.0476. The summed E-state index contributed by atoms with van der Waals surface area (Å²) in [7, 11) is 1.58. The molecule has 0 radical (unpaired) electrons. The molecule has 5 heteroatoms. The second kappa shape index (κ2) is 6.74. The number of rotatable bonds is 6. The number of methoxy groups -OCH3 is 1. The maximum atomic E-state index is 15.3. The fraction of sp³-hybridized carbons (Fsp3) is 1.00. The molecule has 0 aromatic heterocycles. The van der Waals surface area contributed by atoms with E-state index in [-0.39, 0.29) is 18.1 Å². The van der Waals surface area contributed by atoms with Gasteiger partial charge in [0, 0.05) is 25.4 Å². The Morgan fingerprint density at radius 1 is 1.58 bits per heavy atom. The van der Waals surface area contributed by atoms with Gasteiger partial charge in [-0.05, 0) is 44.4 Å². The van der Waals surface area contributed by atoms with Gasteiger partial charge >= 0.3 is 0 Å². The molecule has 3 unspecified atom stereocenters. The molecule has 0 aromatic rings. The van der Waals surface area contributed by atoms with E-state index in [4.69, 9.17) is 15.2 Å². The van der Waals surface area contributed by atoms with Crippen molar-refractivity contribution in [1.29, 1.82) is 0 Å². The Labute approximate surface area is 119 Å². The van der Waals surface area contributed by atoms with Crippen LogP contribution < -0.4 is 5.73 Å². The quantitative estimate of drug-likeness (QED) is 0.816. The van der Waals surface area contributed by atoms with E-state index in [0.29, 0.717) is 19.6 Å². The summed E-state index contributed by atoms with van der Waals surface area (Å²) in [6.07, 6.45) is 3.93. The fourth-order valence-corrected chi connectivity index (χ4v) is 4.74. The van der Waals surface area contributed by atoms with E-state index in [1.807, 2.05) is 11.8 Å². The van der Waals surface area contributed by atoms with E-state index >= 15 is 4.39 Å². The van der Waals surface area contributed by atoms with E-state index in [0.717, 1.165) is 37.2 Å². The van der Waals surface area contributed by atoms with Gasteiger partial charge in [-0.3, -0.25) is 0 Å². The molecule has 2 N–H and O–H groups in total. The summed E-state index contributed by atoms with van der Waals surface area (Å²) < 4.78 is 26.4. The highest BCUT2D eigenvalue weighted by molar-refractivity contribution is 7.99. The molecule has 0 bridgehead atoms. The van der Waals surface area contributed by atoms with Crippen LogP contribution in [0, 0.1) is 5.92 Å². The third-order valence-electron chi connectivity index (χ3n) is 4.47. The monoisotopic (exact) mass is 291 g/mol. The van der Waals surface area contributed by atoms with Crippen molar-refractivity contribution in [2.24, 2.45) is 11.7 Å². The van der Waals surface area contributed by atoms with Gasteiger partial charge < -0.3 is 15.2 Å². The van der Waals surface area contributed by atoms with E-state index in [2.05, 4.69) is 0 Å². The summed E-state index contributed by atoms with van der Waals surface area (Å²) >= 11 is 1.92. The summed E-state index contributed by atoms with van der Waals surface area (Å²) in [4.78, 5) is 0. The normalized spacial score (nSPS) is 34.6. The first-order valence-corrected chi connectivity index (χ1v) is 8.39. The lowest BCUT2D eigenvalue weighted by atomic mass is 9.75. The minimum Gasteiger partial charge on any atom is -0.381 e. The Morgan fingerprint density at radius 2 is 2.42 bits per heavy atom. The van der Waals surface area contributed by atoms with Crippen LogP contribution in [0.15, 0.2) is 0 Å². The molecule has 0 aliphatic carbocycles. The molecule has 2 heterocycles. The van der Waals surface area contributed by atoms with E-state index in [1.54, 1.807) is 7.11 Å². The molecule has 2 saturated heterocycles. The Hall–Kier alpha value is 0.160. The van der Waals surface area contributed by atoms with Crippen molar-refractivity contribution in [3.05, 3.63) is 0 Å². The minimum atomic E-state index is -1.24. The second-order valence-electron chi connectivity index (χ2n) is 5.88. The predicted octanol–water partition coefficient (Wildman–Crippen LogP) is 2.38. The van der Waals surface area contributed by atoms with Crippen molar-refractivity contribution in [3.63, 3.8) is 0 Å². The van der Waals surface area contributed by atoms with Gasteiger partial charge in [0.2, 0.25) is 0 Å². The largest absolute Gasteiger partial charge is 0.381 e. The fourth-order valence-electron chi connectivity index (χ4n) is 3.36. The summed E-state index contributed by atoms with van der Waals surface area (Å²) in [5, 5.41) is 0. The number of nitrogens with two attached hydrogens (primary N) is 1. The molecule has 19 heavy (non-hydrogen) atoms. The maximum absolute atomic E-state index is 15.3. The SMILES string of the molecule is COCC(F)(CCCN)C1CCOC2(CCSC2)C1. The highest BCUT2D eigenvalue weighted by atomic mass is 32.2. The van der Waals surface area contributed by atoms with Crippen molar-refractivity contribution in [2.75, 3.05) is 38.4 Å². The highest BCUT2D eigenvalue weighted by Crippen LogP contribution is 2.45. The molecular formula is C14H26FNO2S. The molecule has 2 rings (SSSR count). The number of hydrogen-bond acceptors (Lipinski definition) is 4. The Morgan fingerprint density at radius 3 is 3.05 bits per heavy atom. The van der Waals surface area contributed by atoms with Gasteiger partial charge in [0.15, 0.2) is 0 Å². The summed E-state index contributed by atoms with van der Waals surface area (Å²) in [5.41, 5.74) is 4.24. The third kappa shape index (κ3) is 3.63. The van der Waals surface area contributed by atoms with E-state index < -0.39 is 5.67 Å². The zero-order chi connectivity index (χ0) is 13.8. The van der Waals surface area contributed by atoms with Gasteiger partial charge in [0.05, 0.1) is 12.2 Å². The lowest BCUT2D eigenvalue weighted by Gasteiger charge is -2.43. The predicted molar refractivity (Wildman–Crippen MR) is 77.4 cm³/mol. The third-order valence-corrected chi connectivity index (χ3v) is 5.70. The van der Waals surface area contributed by atoms with Crippen LogP contribution in [-0.2, 0) is 9.47 Å². The van der Waals surface area contributed by atoms with Gasteiger partial charge in [-0.25, -0.2) is 4.39 Å². The maximum Gasteiger partial charge on any atom is 0.137 e. The summed E-state index contributed by atoms with van der Waals surface area (Å²) in [5.74, 6) is 2.20. The van der Waals surface area contributed by atoms with Gasteiger partial charge in [-0.2, -0.15) is 11.8 Å². The Balaban J connectivity index is 2.03. The molecule has 2 fully saturated rings. The van der Waals surface area contributed by atoms with Crippen LogP contribution in [0.2, 0.25) is 0 Å². The van der Waals surface area contributed by atoms with Crippen LogP contribution >= 0.6 is 11.8 Å². The Bertz CT molecular complexity index is 287. The molecule has 0 amide bonds. The standard InChI is InChI=1S/C14H26FNO2S/c1-17-10-14(15,4-2-6-16)12-3-7-18-13(9-12)5-8-19-11-13/h12H,2-11,16H2,1H3. The molecule has 112 valence electrons. The van der Waals surface area contributed by atoms with Crippen molar-refractivity contribution in [2.45, 2.75) is 43.4 Å². The molecule has 2 aliphatic rings. The van der Waals surface area contributed by atoms with Crippen LogP contribution in [-0.4, -0.2) is 49.6 Å². The first-order valence-electron chi connectivity index (χ1n) is 7.24. The van der Waals surface area contributed by atoms with Crippen LogP contribution in [0.3, 0.4) is 0 Å². The van der Waals surface area contributed by atoms with Crippen molar-refractivity contribution in [3.8, 4) is 0 Å². The molecule has 0 saturated carbocycles. The zero-order valence-corrected chi connectivity index (χ0v) is 12.6. The van der Waals surface area contributed by atoms with Gasteiger partial charge in [-0.1, -0.05) is 0 Å². The number of thioether (sulfide) groups is 1. The number of alkyl halides is 1. The first kappa shape index (κ1) is 15.5. The molecule has 3 atom stereocenters.